The van der Waals surface area contributed by atoms with Gasteiger partial charge >= 0.3 is 24.1 Å². The number of carbonyl (C=O) groups excluding carboxylic acids is 4. The minimum atomic E-state index is -0.621. The Morgan fingerprint density at radius 3 is 1.81 bits per heavy atom. The Morgan fingerprint density at radius 2 is 1.33 bits per heavy atom. The molecular weight excluding hydrogens is 468 g/mol. The SMILES string of the molecule is C=C(C)C(=O)OCC(C)OC(=O)NC1CC(C)(C)CC(C)(CNC(=O)O[C@@H](C)COC(=O)C(=C)C)C1. The molecule has 0 saturated heterocycles. The number of carbonyl (C=O) groups is 4. The second kappa shape index (κ2) is 13.3. The zero-order chi connectivity index (χ0) is 27.7. The number of hydrogen-bond acceptors (Lipinski definition) is 8. The zero-order valence-electron chi connectivity index (χ0n) is 22.7. The number of nitrogens with one attached hydrogen (secondary N) is 2. The molecule has 0 aromatic carbocycles. The summed E-state index contributed by atoms with van der Waals surface area (Å²) in [4.78, 5) is 47.7. The molecule has 1 aliphatic rings. The molecule has 3 unspecified atom stereocenters. The Bertz CT molecular complexity index is 853. The van der Waals surface area contributed by atoms with E-state index in [0.29, 0.717) is 13.0 Å². The fourth-order valence-corrected chi connectivity index (χ4v) is 4.46. The first kappa shape index (κ1) is 31.0. The van der Waals surface area contributed by atoms with Crippen LogP contribution < -0.4 is 10.6 Å². The lowest BCUT2D eigenvalue weighted by molar-refractivity contribution is -0.142. The largest absolute Gasteiger partial charge is 0.458 e. The Labute approximate surface area is 214 Å². The van der Waals surface area contributed by atoms with Crippen LogP contribution in [-0.2, 0) is 28.5 Å². The monoisotopic (exact) mass is 510 g/mol. The van der Waals surface area contributed by atoms with Crippen molar-refractivity contribution < 1.29 is 38.1 Å². The third-order valence-corrected chi connectivity index (χ3v) is 5.64. The van der Waals surface area contributed by atoms with Crippen LogP contribution in [0.2, 0.25) is 0 Å². The summed E-state index contributed by atoms with van der Waals surface area (Å²) in [5.41, 5.74) is 0.140. The van der Waals surface area contributed by atoms with E-state index in [1.54, 1.807) is 20.8 Å². The molecular formula is C26H42N2O8. The van der Waals surface area contributed by atoms with Crippen molar-refractivity contribution in [3.8, 4) is 0 Å². The number of ether oxygens (including phenoxy) is 4. The quantitative estimate of drug-likeness (QED) is 0.242. The van der Waals surface area contributed by atoms with Gasteiger partial charge < -0.3 is 29.6 Å². The summed E-state index contributed by atoms with van der Waals surface area (Å²) < 4.78 is 20.6. The number of hydrogen-bond donors (Lipinski definition) is 2. The molecule has 0 radical (unpaired) electrons. The highest BCUT2D eigenvalue weighted by atomic mass is 16.6. The third kappa shape index (κ3) is 11.6. The highest BCUT2D eigenvalue weighted by Gasteiger charge is 2.42. The smallest absolute Gasteiger partial charge is 0.407 e. The van der Waals surface area contributed by atoms with Crippen molar-refractivity contribution in [2.24, 2.45) is 10.8 Å². The standard InChI is InChI=1S/C26H42N2O8/c1-16(2)21(29)33-12-18(5)35-23(31)27-15-26(9)11-20(10-25(7,8)14-26)28-24(32)36-19(6)13-34-22(30)17(3)4/h18-20H,1,3,10-15H2,2,4-9H3,(H,27,31)(H,28,32)/t18-,19?,20?,26?/m0/s1. The van der Waals surface area contributed by atoms with Crippen molar-refractivity contribution in [2.75, 3.05) is 19.8 Å². The maximum atomic E-state index is 12.4. The lowest BCUT2D eigenvalue weighted by Gasteiger charge is -2.46. The molecule has 2 N–H and O–H groups in total. The van der Waals surface area contributed by atoms with Crippen molar-refractivity contribution in [2.45, 2.75) is 86.0 Å². The summed E-state index contributed by atoms with van der Waals surface area (Å²) in [6, 6.07) is -0.172. The topological polar surface area (TPSA) is 129 Å². The van der Waals surface area contributed by atoms with E-state index in [4.69, 9.17) is 18.9 Å². The first-order valence-electron chi connectivity index (χ1n) is 12.1. The Hall–Kier alpha value is -3.04. The van der Waals surface area contributed by atoms with Gasteiger partial charge in [0, 0.05) is 23.7 Å². The van der Waals surface area contributed by atoms with Gasteiger partial charge in [0.2, 0.25) is 0 Å². The molecule has 2 amide bonds. The second-order valence-electron chi connectivity index (χ2n) is 10.9. The minimum absolute atomic E-state index is 0.0656. The first-order valence-corrected chi connectivity index (χ1v) is 12.1. The van der Waals surface area contributed by atoms with E-state index in [1.807, 2.05) is 6.92 Å². The van der Waals surface area contributed by atoms with Gasteiger partial charge in [0.25, 0.3) is 0 Å². The van der Waals surface area contributed by atoms with Gasteiger partial charge in [0.05, 0.1) is 0 Å². The third-order valence-electron chi connectivity index (χ3n) is 5.64. The van der Waals surface area contributed by atoms with Crippen molar-refractivity contribution in [3.05, 3.63) is 24.3 Å². The fourth-order valence-electron chi connectivity index (χ4n) is 4.46. The van der Waals surface area contributed by atoms with Gasteiger partial charge in [-0.2, -0.15) is 0 Å². The van der Waals surface area contributed by atoms with E-state index in [9.17, 15) is 19.2 Å². The van der Waals surface area contributed by atoms with E-state index in [-0.39, 0.29) is 41.2 Å². The maximum Gasteiger partial charge on any atom is 0.407 e. The Balaban J connectivity index is 2.57. The summed E-state index contributed by atoms with van der Waals surface area (Å²) >= 11 is 0. The maximum absolute atomic E-state index is 12.4. The molecule has 204 valence electrons. The molecule has 0 bridgehead atoms. The van der Waals surface area contributed by atoms with Gasteiger partial charge in [-0.1, -0.05) is 33.9 Å². The lowest BCUT2D eigenvalue weighted by Crippen LogP contribution is -2.51. The highest BCUT2D eigenvalue weighted by Crippen LogP contribution is 2.45. The van der Waals surface area contributed by atoms with Crippen LogP contribution >= 0.6 is 0 Å². The Morgan fingerprint density at radius 1 is 0.861 bits per heavy atom. The van der Waals surface area contributed by atoms with Crippen LogP contribution in [0, 0.1) is 10.8 Å². The molecule has 0 aromatic rings. The van der Waals surface area contributed by atoms with E-state index in [0.717, 1.165) is 12.8 Å². The number of alkyl carbamates (subject to hydrolysis) is 2. The summed E-state index contributed by atoms with van der Waals surface area (Å²) in [6.07, 6.45) is -0.255. The molecule has 36 heavy (non-hydrogen) atoms. The number of amides is 2. The van der Waals surface area contributed by atoms with Crippen LogP contribution in [0.1, 0.15) is 67.7 Å². The molecule has 0 aromatic heterocycles. The minimum Gasteiger partial charge on any atom is -0.458 e. The zero-order valence-corrected chi connectivity index (χ0v) is 22.7. The highest BCUT2D eigenvalue weighted by molar-refractivity contribution is 5.87. The summed E-state index contributed by atoms with van der Waals surface area (Å²) in [5, 5.41) is 5.70. The molecule has 0 aliphatic heterocycles. The van der Waals surface area contributed by atoms with Crippen molar-refractivity contribution in [3.63, 3.8) is 0 Å². The van der Waals surface area contributed by atoms with Gasteiger partial charge in [0.15, 0.2) is 0 Å². The van der Waals surface area contributed by atoms with E-state index in [1.165, 1.54) is 6.92 Å². The second-order valence-corrected chi connectivity index (χ2v) is 10.9. The molecule has 1 fully saturated rings. The van der Waals surface area contributed by atoms with Crippen LogP contribution in [0.4, 0.5) is 9.59 Å². The summed E-state index contributed by atoms with van der Waals surface area (Å²) in [6.45, 7) is 19.8. The van der Waals surface area contributed by atoms with Gasteiger partial charge in [-0.05, 0) is 57.8 Å². The van der Waals surface area contributed by atoms with Crippen molar-refractivity contribution >= 4 is 24.1 Å². The van der Waals surface area contributed by atoms with Crippen LogP contribution in [0.25, 0.3) is 0 Å². The molecule has 4 atom stereocenters. The van der Waals surface area contributed by atoms with Crippen LogP contribution in [-0.4, -0.2) is 62.1 Å². The molecule has 0 heterocycles. The molecule has 1 saturated carbocycles. The van der Waals surface area contributed by atoms with E-state index in [2.05, 4.69) is 37.6 Å². The molecule has 0 spiro atoms. The predicted molar refractivity (Wildman–Crippen MR) is 134 cm³/mol. The molecule has 1 aliphatic carbocycles. The normalized spacial score (nSPS) is 22.2. The number of rotatable bonds is 11. The average Bonchev–Trinajstić information content (AvgIpc) is 2.72. The van der Waals surface area contributed by atoms with Crippen molar-refractivity contribution in [1.29, 1.82) is 0 Å². The average molecular weight is 511 g/mol. The van der Waals surface area contributed by atoms with E-state index < -0.39 is 36.3 Å². The van der Waals surface area contributed by atoms with Crippen molar-refractivity contribution in [1.82, 2.24) is 10.6 Å². The number of esters is 2. The fraction of sp³-hybridized carbons (Fsp3) is 0.692. The summed E-state index contributed by atoms with van der Waals surface area (Å²) in [5.74, 6) is -1.08. The van der Waals surface area contributed by atoms with Crippen LogP contribution in [0.3, 0.4) is 0 Å². The summed E-state index contributed by atoms with van der Waals surface area (Å²) in [7, 11) is 0. The predicted octanol–water partition coefficient (Wildman–Crippen LogP) is 4.04. The molecule has 1 rings (SSSR count). The van der Waals surface area contributed by atoms with Gasteiger partial charge in [-0.25, -0.2) is 19.2 Å². The van der Waals surface area contributed by atoms with Gasteiger partial charge in [0.1, 0.15) is 25.4 Å². The lowest BCUT2D eigenvalue weighted by atomic mass is 9.62. The van der Waals surface area contributed by atoms with E-state index >= 15 is 0 Å². The molecule has 10 heteroatoms. The Kier molecular flexibility index (Phi) is 11.5. The molecule has 10 nitrogen and oxygen atoms in total. The van der Waals surface area contributed by atoms with Gasteiger partial charge in [-0.15, -0.1) is 0 Å². The van der Waals surface area contributed by atoms with Crippen LogP contribution in [0.5, 0.6) is 0 Å². The van der Waals surface area contributed by atoms with Crippen LogP contribution in [0.15, 0.2) is 24.3 Å². The van der Waals surface area contributed by atoms with Gasteiger partial charge in [-0.3, -0.25) is 0 Å². The first-order chi connectivity index (χ1) is 16.5.